The van der Waals surface area contributed by atoms with Crippen LogP contribution in [0.2, 0.25) is 0 Å². The molecule has 15 heavy (non-hydrogen) atoms. The van der Waals surface area contributed by atoms with E-state index in [-0.39, 0.29) is 5.91 Å². The second kappa shape index (κ2) is 6.14. The lowest BCUT2D eigenvalue weighted by atomic mass is 9.85. The number of amides is 1. The molecule has 1 rings (SSSR count). The van der Waals surface area contributed by atoms with E-state index < -0.39 is 0 Å². The first kappa shape index (κ1) is 12.5. The molecule has 1 unspecified atom stereocenters. The van der Waals surface area contributed by atoms with Crippen LogP contribution in [-0.4, -0.2) is 23.9 Å². The quantitative estimate of drug-likeness (QED) is 0.699. The number of carbonyl (C=O) groups excluding carboxylic acids is 1. The summed E-state index contributed by atoms with van der Waals surface area (Å²) in [5, 5.41) is 0. The molecular weight excluding hydrogens is 186 g/mol. The van der Waals surface area contributed by atoms with Gasteiger partial charge < -0.3 is 4.90 Å². The molecule has 1 aliphatic carbocycles. The molecule has 88 valence electrons. The summed E-state index contributed by atoms with van der Waals surface area (Å²) in [6, 6.07) is 0.417. The van der Waals surface area contributed by atoms with E-state index in [1.165, 1.54) is 38.5 Å². The standard InChI is InChI=1S/C13H25NO/c1-4-13(15)14(3)11(2)10-12-8-6-5-7-9-12/h11-12H,4-10H2,1-3H3. The van der Waals surface area contributed by atoms with E-state index in [1.807, 2.05) is 18.9 Å². The van der Waals surface area contributed by atoms with E-state index in [0.29, 0.717) is 12.5 Å². The second-order valence-corrected chi connectivity index (χ2v) is 4.95. The predicted octanol–water partition coefficient (Wildman–Crippen LogP) is 3.21. The lowest BCUT2D eigenvalue weighted by molar-refractivity contribution is -0.131. The van der Waals surface area contributed by atoms with Crippen LogP contribution >= 0.6 is 0 Å². The van der Waals surface area contributed by atoms with Crippen LogP contribution in [0.5, 0.6) is 0 Å². The molecule has 0 aromatic carbocycles. The van der Waals surface area contributed by atoms with Crippen molar-refractivity contribution in [2.24, 2.45) is 5.92 Å². The van der Waals surface area contributed by atoms with Gasteiger partial charge in [-0.25, -0.2) is 0 Å². The van der Waals surface area contributed by atoms with E-state index in [2.05, 4.69) is 6.92 Å². The molecule has 0 radical (unpaired) electrons. The minimum Gasteiger partial charge on any atom is -0.343 e. The molecule has 0 heterocycles. The van der Waals surface area contributed by atoms with Gasteiger partial charge in [0, 0.05) is 19.5 Å². The first-order valence-corrected chi connectivity index (χ1v) is 6.40. The van der Waals surface area contributed by atoms with Crippen LogP contribution in [0.1, 0.15) is 58.8 Å². The second-order valence-electron chi connectivity index (χ2n) is 4.95. The summed E-state index contributed by atoms with van der Waals surface area (Å²) in [4.78, 5) is 13.4. The number of rotatable bonds is 4. The summed E-state index contributed by atoms with van der Waals surface area (Å²) in [6.45, 7) is 4.12. The van der Waals surface area contributed by atoms with Crippen molar-refractivity contribution in [1.82, 2.24) is 4.90 Å². The maximum atomic E-state index is 11.5. The topological polar surface area (TPSA) is 20.3 Å². The highest BCUT2D eigenvalue weighted by atomic mass is 16.2. The molecular formula is C13H25NO. The largest absolute Gasteiger partial charge is 0.343 e. The fourth-order valence-corrected chi connectivity index (χ4v) is 2.56. The minimum atomic E-state index is 0.276. The smallest absolute Gasteiger partial charge is 0.222 e. The van der Waals surface area contributed by atoms with Crippen LogP contribution in [0.15, 0.2) is 0 Å². The average molecular weight is 211 g/mol. The predicted molar refractivity (Wildman–Crippen MR) is 63.7 cm³/mol. The Morgan fingerprint density at radius 2 is 1.93 bits per heavy atom. The van der Waals surface area contributed by atoms with Crippen molar-refractivity contribution in [1.29, 1.82) is 0 Å². The Hall–Kier alpha value is -0.530. The Balaban J connectivity index is 2.32. The Morgan fingerprint density at radius 1 is 1.33 bits per heavy atom. The van der Waals surface area contributed by atoms with E-state index in [0.717, 1.165) is 5.92 Å². The number of hydrogen-bond acceptors (Lipinski definition) is 1. The van der Waals surface area contributed by atoms with Crippen molar-refractivity contribution in [3.05, 3.63) is 0 Å². The highest BCUT2D eigenvalue weighted by Gasteiger charge is 2.20. The Labute approximate surface area is 94.0 Å². The third kappa shape index (κ3) is 3.84. The van der Waals surface area contributed by atoms with Gasteiger partial charge in [-0.2, -0.15) is 0 Å². The zero-order valence-corrected chi connectivity index (χ0v) is 10.5. The molecule has 2 heteroatoms. The lowest BCUT2D eigenvalue weighted by Gasteiger charge is -2.30. The fraction of sp³-hybridized carbons (Fsp3) is 0.923. The Kier molecular flexibility index (Phi) is 5.13. The molecule has 1 atom stereocenters. The molecule has 0 N–H and O–H groups in total. The van der Waals surface area contributed by atoms with E-state index in [9.17, 15) is 4.79 Å². The van der Waals surface area contributed by atoms with E-state index >= 15 is 0 Å². The maximum Gasteiger partial charge on any atom is 0.222 e. The highest BCUT2D eigenvalue weighted by molar-refractivity contribution is 5.75. The van der Waals surface area contributed by atoms with Gasteiger partial charge in [-0.3, -0.25) is 4.79 Å². The van der Waals surface area contributed by atoms with Gasteiger partial charge in [0.1, 0.15) is 0 Å². The Bertz CT molecular complexity index is 197. The summed E-state index contributed by atoms with van der Waals surface area (Å²) in [7, 11) is 1.94. The first-order chi connectivity index (χ1) is 7.15. The minimum absolute atomic E-state index is 0.276. The van der Waals surface area contributed by atoms with Crippen molar-refractivity contribution < 1.29 is 4.79 Å². The summed E-state index contributed by atoms with van der Waals surface area (Å²) in [6.07, 6.45) is 8.77. The van der Waals surface area contributed by atoms with Crippen LogP contribution in [0.25, 0.3) is 0 Å². The zero-order valence-electron chi connectivity index (χ0n) is 10.5. The van der Waals surface area contributed by atoms with Crippen molar-refractivity contribution in [3.63, 3.8) is 0 Å². The molecule has 0 spiro atoms. The molecule has 0 saturated heterocycles. The van der Waals surface area contributed by atoms with Crippen LogP contribution in [0, 0.1) is 5.92 Å². The van der Waals surface area contributed by atoms with Gasteiger partial charge in [0.25, 0.3) is 0 Å². The normalized spacial score (nSPS) is 19.9. The number of hydrogen-bond donors (Lipinski definition) is 0. The van der Waals surface area contributed by atoms with Gasteiger partial charge >= 0.3 is 0 Å². The highest BCUT2D eigenvalue weighted by Crippen LogP contribution is 2.28. The number of nitrogens with zero attached hydrogens (tertiary/aromatic N) is 1. The third-order valence-corrected chi connectivity index (χ3v) is 3.76. The van der Waals surface area contributed by atoms with Crippen molar-refractivity contribution in [2.45, 2.75) is 64.8 Å². The lowest BCUT2D eigenvalue weighted by Crippen LogP contribution is -2.36. The first-order valence-electron chi connectivity index (χ1n) is 6.40. The molecule has 0 aromatic heterocycles. The van der Waals surface area contributed by atoms with Gasteiger partial charge in [0.15, 0.2) is 0 Å². The van der Waals surface area contributed by atoms with Crippen LogP contribution < -0.4 is 0 Å². The van der Waals surface area contributed by atoms with Gasteiger partial charge in [-0.1, -0.05) is 39.0 Å². The van der Waals surface area contributed by atoms with E-state index in [1.54, 1.807) is 0 Å². The van der Waals surface area contributed by atoms with Gasteiger partial charge in [0.2, 0.25) is 5.91 Å². The SMILES string of the molecule is CCC(=O)N(C)C(C)CC1CCCCC1. The maximum absolute atomic E-state index is 11.5. The molecule has 0 aromatic rings. The van der Waals surface area contributed by atoms with Crippen molar-refractivity contribution >= 4 is 5.91 Å². The van der Waals surface area contributed by atoms with Crippen LogP contribution in [0.4, 0.5) is 0 Å². The number of carbonyl (C=O) groups is 1. The molecule has 2 nitrogen and oxygen atoms in total. The average Bonchev–Trinajstić information content (AvgIpc) is 2.28. The summed E-state index contributed by atoms with van der Waals surface area (Å²) in [5.41, 5.74) is 0. The van der Waals surface area contributed by atoms with Gasteiger partial charge in [0.05, 0.1) is 0 Å². The zero-order chi connectivity index (χ0) is 11.3. The molecule has 1 fully saturated rings. The molecule has 1 saturated carbocycles. The monoisotopic (exact) mass is 211 g/mol. The van der Waals surface area contributed by atoms with Gasteiger partial charge in [-0.15, -0.1) is 0 Å². The van der Waals surface area contributed by atoms with E-state index in [4.69, 9.17) is 0 Å². The summed E-state index contributed by atoms with van der Waals surface area (Å²) in [5.74, 6) is 1.14. The van der Waals surface area contributed by atoms with Gasteiger partial charge in [-0.05, 0) is 19.3 Å². The van der Waals surface area contributed by atoms with Crippen molar-refractivity contribution in [2.75, 3.05) is 7.05 Å². The van der Waals surface area contributed by atoms with Crippen molar-refractivity contribution in [3.8, 4) is 0 Å². The molecule has 1 amide bonds. The molecule has 1 aliphatic rings. The summed E-state index contributed by atoms with van der Waals surface area (Å²) >= 11 is 0. The summed E-state index contributed by atoms with van der Waals surface area (Å²) < 4.78 is 0. The Morgan fingerprint density at radius 3 is 2.47 bits per heavy atom. The fourth-order valence-electron chi connectivity index (χ4n) is 2.56. The molecule has 0 bridgehead atoms. The third-order valence-electron chi connectivity index (χ3n) is 3.76. The van der Waals surface area contributed by atoms with Crippen LogP contribution in [0.3, 0.4) is 0 Å². The van der Waals surface area contributed by atoms with Crippen LogP contribution in [-0.2, 0) is 4.79 Å². The molecule has 0 aliphatic heterocycles.